The molecule has 148 valence electrons. The molecule has 1 spiro atoms. The van der Waals surface area contributed by atoms with Gasteiger partial charge in [-0.1, -0.05) is 24.4 Å². The monoisotopic (exact) mass is 374 g/mol. The molecule has 0 unspecified atom stereocenters. The van der Waals surface area contributed by atoms with Gasteiger partial charge in [-0.25, -0.2) is 0 Å². The second-order valence-electron chi connectivity index (χ2n) is 8.75. The Hall–Kier alpha value is -1.92. The molecule has 7 heteroatoms. The van der Waals surface area contributed by atoms with E-state index in [0.29, 0.717) is 24.1 Å². The van der Waals surface area contributed by atoms with Crippen molar-refractivity contribution in [2.24, 2.45) is 11.3 Å². The molecule has 3 fully saturated rings. The fraction of sp³-hybridized carbons (Fsp3) is 0.800. The lowest BCUT2D eigenvalue weighted by atomic mass is 9.73. The number of carbonyl (C=O) groups is 2. The van der Waals surface area contributed by atoms with E-state index >= 15 is 0 Å². The molecule has 4 rings (SSSR count). The van der Waals surface area contributed by atoms with Gasteiger partial charge < -0.3 is 14.3 Å². The number of piperidine rings is 1. The van der Waals surface area contributed by atoms with Gasteiger partial charge in [0.1, 0.15) is 0 Å². The zero-order chi connectivity index (χ0) is 18.9. The molecule has 7 nitrogen and oxygen atoms in total. The largest absolute Gasteiger partial charge is 0.341 e. The summed E-state index contributed by atoms with van der Waals surface area (Å²) in [4.78, 5) is 33.2. The average Bonchev–Trinajstić information content (AvgIpc) is 3.19. The van der Waals surface area contributed by atoms with Gasteiger partial charge in [0.05, 0.1) is 6.54 Å². The number of carbonyl (C=O) groups excluding carboxylic acids is 2. The van der Waals surface area contributed by atoms with Gasteiger partial charge in [-0.15, -0.1) is 0 Å². The van der Waals surface area contributed by atoms with Crippen molar-refractivity contribution >= 4 is 11.8 Å². The van der Waals surface area contributed by atoms with Gasteiger partial charge in [-0.2, -0.15) is 4.98 Å². The molecular formula is C20H30N4O3. The minimum atomic E-state index is 0.100. The lowest BCUT2D eigenvalue weighted by Crippen LogP contribution is -2.45. The molecule has 1 aliphatic carbocycles. The van der Waals surface area contributed by atoms with Crippen molar-refractivity contribution in [1.82, 2.24) is 19.9 Å². The second-order valence-corrected chi connectivity index (χ2v) is 8.75. The number of aryl methyl sites for hydroxylation is 1. The third kappa shape index (κ3) is 4.17. The fourth-order valence-corrected chi connectivity index (χ4v) is 5.08. The molecule has 1 aromatic rings. The van der Waals surface area contributed by atoms with E-state index in [1.165, 1.54) is 19.3 Å². The first-order chi connectivity index (χ1) is 13.0. The zero-order valence-electron chi connectivity index (χ0n) is 16.3. The standard InChI is InChI=1S/C20H30N4O3/c1-15-21-17(27-22-15)11-16-5-9-23(10-6-16)19(26)13-24-14-20(12-18(24)25)7-3-2-4-8-20/h16H,2-14H2,1H3. The lowest BCUT2D eigenvalue weighted by molar-refractivity contribution is -0.139. The van der Waals surface area contributed by atoms with Crippen LogP contribution in [-0.4, -0.2) is 57.9 Å². The summed E-state index contributed by atoms with van der Waals surface area (Å²) in [5, 5.41) is 3.84. The maximum Gasteiger partial charge on any atom is 0.242 e. The van der Waals surface area contributed by atoms with Crippen molar-refractivity contribution in [2.75, 3.05) is 26.2 Å². The highest BCUT2D eigenvalue weighted by atomic mass is 16.5. The maximum atomic E-state index is 12.7. The topological polar surface area (TPSA) is 79.5 Å². The Morgan fingerprint density at radius 1 is 1.22 bits per heavy atom. The predicted molar refractivity (Wildman–Crippen MR) is 98.8 cm³/mol. The van der Waals surface area contributed by atoms with E-state index in [9.17, 15) is 9.59 Å². The summed E-state index contributed by atoms with van der Waals surface area (Å²) >= 11 is 0. The number of likely N-dealkylation sites (tertiary alicyclic amines) is 2. The highest BCUT2D eigenvalue weighted by Crippen LogP contribution is 2.44. The van der Waals surface area contributed by atoms with E-state index in [1.807, 2.05) is 16.7 Å². The Kier molecular flexibility index (Phi) is 5.19. The summed E-state index contributed by atoms with van der Waals surface area (Å²) in [5.41, 5.74) is 0.158. The van der Waals surface area contributed by atoms with Crippen LogP contribution < -0.4 is 0 Å². The first-order valence-electron chi connectivity index (χ1n) is 10.4. The van der Waals surface area contributed by atoms with Crippen LogP contribution in [0.1, 0.15) is 63.1 Å². The van der Waals surface area contributed by atoms with Crippen molar-refractivity contribution in [3.05, 3.63) is 11.7 Å². The van der Waals surface area contributed by atoms with E-state index in [4.69, 9.17) is 4.52 Å². The van der Waals surface area contributed by atoms with Crippen molar-refractivity contribution in [3.8, 4) is 0 Å². The normalized spacial score (nSPS) is 23.4. The van der Waals surface area contributed by atoms with Gasteiger partial charge in [0.15, 0.2) is 5.82 Å². The van der Waals surface area contributed by atoms with E-state index < -0.39 is 0 Å². The molecule has 3 aliphatic rings. The number of amides is 2. The summed E-state index contributed by atoms with van der Waals surface area (Å²) in [5.74, 6) is 2.12. The summed E-state index contributed by atoms with van der Waals surface area (Å²) in [7, 11) is 0. The number of rotatable bonds is 4. The Morgan fingerprint density at radius 3 is 2.63 bits per heavy atom. The van der Waals surface area contributed by atoms with Crippen molar-refractivity contribution in [1.29, 1.82) is 0 Å². The van der Waals surface area contributed by atoms with Crippen LogP contribution in [0.2, 0.25) is 0 Å². The van der Waals surface area contributed by atoms with Crippen molar-refractivity contribution in [3.63, 3.8) is 0 Å². The Morgan fingerprint density at radius 2 is 1.96 bits per heavy atom. The Bertz CT molecular complexity index is 687. The third-order valence-electron chi connectivity index (χ3n) is 6.65. The molecule has 2 aliphatic heterocycles. The van der Waals surface area contributed by atoms with Crippen LogP contribution in [0.3, 0.4) is 0 Å². The molecule has 2 saturated heterocycles. The molecule has 0 bridgehead atoms. The minimum Gasteiger partial charge on any atom is -0.341 e. The van der Waals surface area contributed by atoms with Crippen molar-refractivity contribution < 1.29 is 14.1 Å². The Balaban J connectivity index is 1.25. The van der Waals surface area contributed by atoms with Crippen LogP contribution in [-0.2, 0) is 16.0 Å². The lowest BCUT2D eigenvalue weighted by Gasteiger charge is -2.34. The number of nitrogens with zero attached hydrogens (tertiary/aromatic N) is 4. The van der Waals surface area contributed by atoms with Gasteiger partial charge in [-0.05, 0) is 43.9 Å². The molecule has 0 N–H and O–H groups in total. The smallest absolute Gasteiger partial charge is 0.242 e. The summed E-state index contributed by atoms with van der Waals surface area (Å²) in [6, 6.07) is 0. The van der Waals surface area contributed by atoms with Crippen LogP contribution in [0, 0.1) is 18.3 Å². The molecule has 3 heterocycles. The van der Waals surface area contributed by atoms with E-state index in [-0.39, 0.29) is 23.8 Å². The minimum absolute atomic E-state index is 0.100. The molecule has 0 atom stereocenters. The highest BCUT2D eigenvalue weighted by molar-refractivity contribution is 5.86. The van der Waals surface area contributed by atoms with Gasteiger partial charge in [-0.3, -0.25) is 9.59 Å². The van der Waals surface area contributed by atoms with E-state index in [2.05, 4.69) is 10.1 Å². The van der Waals surface area contributed by atoms with Crippen LogP contribution in [0.5, 0.6) is 0 Å². The van der Waals surface area contributed by atoms with Crippen LogP contribution >= 0.6 is 0 Å². The predicted octanol–water partition coefficient (Wildman–Crippen LogP) is 2.34. The SMILES string of the molecule is Cc1noc(CC2CCN(C(=O)CN3CC4(CCCCC4)CC3=O)CC2)n1. The van der Waals surface area contributed by atoms with Gasteiger partial charge in [0.25, 0.3) is 0 Å². The Labute approximate surface area is 160 Å². The molecule has 27 heavy (non-hydrogen) atoms. The quantitative estimate of drug-likeness (QED) is 0.808. The molecule has 1 aromatic heterocycles. The van der Waals surface area contributed by atoms with Crippen molar-refractivity contribution in [2.45, 2.75) is 64.7 Å². The molecule has 1 saturated carbocycles. The van der Waals surface area contributed by atoms with Gasteiger partial charge >= 0.3 is 0 Å². The summed E-state index contributed by atoms with van der Waals surface area (Å²) in [6.07, 6.45) is 9.35. The van der Waals surface area contributed by atoms with Crippen LogP contribution in [0.25, 0.3) is 0 Å². The molecular weight excluding hydrogens is 344 g/mol. The highest BCUT2D eigenvalue weighted by Gasteiger charge is 2.44. The summed E-state index contributed by atoms with van der Waals surface area (Å²) < 4.78 is 5.21. The number of aromatic nitrogens is 2. The number of hydrogen-bond donors (Lipinski definition) is 0. The average molecular weight is 374 g/mol. The molecule has 0 radical (unpaired) electrons. The molecule has 2 amide bonds. The zero-order valence-corrected chi connectivity index (χ0v) is 16.3. The van der Waals surface area contributed by atoms with Crippen LogP contribution in [0.4, 0.5) is 0 Å². The molecule has 0 aromatic carbocycles. The van der Waals surface area contributed by atoms with Gasteiger partial charge in [0, 0.05) is 32.5 Å². The first-order valence-corrected chi connectivity index (χ1v) is 10.4. The fourth-order valence-electron chi connectivity index (χ4n) is 5.08. The second kappa shape index (κ2) is 7.60. The number of hydrogen-bond acceptors (Lipinski definition) is 5. The summed E-state index contributed by atoms with van der Waals surface area (Å²) in [6.45, 7) is 4.37. The third-order valence-corrected chi connectivity index (χ3v) is 6.65. The first kappa shape index (κ1) is 18.4. The van der Waals surface area contributed by atoms with Crippen LogP contribution in [0.15, 0.2) is 4.52 Å². The van der Waals surface area contributed by atoms with E-state index in [0.717, 1.165) is 51.7 Å². The maximum absolute atomic E-state index is 12.7. The van der Waals surface area contributed by atoms with E-state index in [1.54, 1.807) is 0 Å². The van der Waals surface area contributed by atoms with Gasteiger partial charge in [0.2, 0.25) is 17.7 Å².